The van der Waals surface area contributed by atoms with Crippen LogP contribution in [0.5, 0.6) is 0 Å². The van der Waals surface area contributed by atoms with Crippen LogP contribution in [-0.4, -0.2) is 36.9 Å². The lowest BCUT2D eigenvalue weighted by atomic mass is 10.1. The molecule has 0 unspecified atom stereocenters. The van der Waals surface area contributed by atoms with Crippen LogP contribution >= 0.6 is 0 Å². The standard InChI is InChI=1S/C18H19N5O2/c1-21-11-13(9-19-21)15-7-4-8-22(15)18(25)12-23-16-6-3-2-5-14(16)17(24)10-20-23/h2-3,5-6,9-11,15H,4,7-8,12H2,1H3/t15-/m0/s1. The molecule has 0 aliphatic carbocycles. The summed E-state index contributed by atoms with van der Waals surface area (Å²) in [6.07, 6.45) is 6.98. The number of hydrogen-bond acceptors (Lipinski definition) is 4. The van der Waals surface area contributed by atoms with Gasteiger partial charge in [0.1, 0.15) is 6.54 Å². The zero-order valence-corrected chi connectivity index (χ0v) is 14.0. The van der Waals surface area contributed by atoms with Gasteiger partial charge >= 0.3 is 0 Å². The average Bonchev–Trinajstić information content (AvgIpc) is 3.26. The first-order valence-electron chi connectivity index (χ1n) is 8.36. The maximum absolute atomic E-state index is 12.9. The lowest BCUT2D eigenvalue weighted by molar-refractivity contribution is -0.132. The lowest BCUT2D eigenvalue weighted by Crippen LogP contribution is -2.34. The van der Waals surface area contributed by atoms with E-state index >= 15 is 0 Å². The smallest absolute Gasteiger partial charge is 0.244 e. The van der Waals surface area contributed by atoms with Crippen molar-refractivity contribution in [1.29, 1.82) is 0 Å². The molecule has 0 bridgehead atoms. The number of para-hydroxylation sites is 1. The summed E-state index contributed by atoms with van der Waals surface area (Å²) < 4.78 is 3.37. The summed E-state index contributed by atoms with van der Waals surface area (Å²) in [4.78, 5) is 26.7. The minimum atomic E-state index is -0.131. The monoisotopic (exact) mass is 337 g/mol. The molecular weight excluding hydrogens is 318 g/mol. The van der Waals surface area contributed by atoms with Gasteiger partial charge in [-0.3, -0.25) is 19.0 Å². The Kier molecular flexibility index (Phi) is 3.83. The van der Waals surface area contributed by atoms with E-state index in [0.29, 0.717) is 10.9 Å². The van der Waals surface area contributed by atoms with Crippen molar-refractivity contribution in [3.63, 3.8) is 0 Å². The summed E-state index contributed by atoms with van der Waals surface area (Å²) in [6.45, 7) is 0.855. The molecular formula is C18H19N5O2. The zero-order chi connectivity index (χ0) is 17.4. The Morgan fingerprint density at radius 2 is 2.08 bits per heavy atom. The number of benzene rings is 1. The third-order valence-electron chi connectivity index (χ3n) is 4.73. The summed E-state index contributed by atoms with van der Waals surface area (Å²) in [6, 6.07) is 7.30. The van der Waals surface area contributed by atoms with Gasteiger partial charge in [0, 0.05) is 30.7 Å². The first-order chi connectivity index (χ1) is 12.1. The highest BCUT2D eigenvalue weighted by molar-refractivity contribution is 5.81. The van der Waals surface area contributed by atoms with Crippen molar-refractivity contribution in [2.24, 2.45) is 7.05 Å². The number of likely N-dealkylation sites (tertiary alicyclic amines) is 1. The first kappa shape index (κ1) is 15.6. The average molecular weight is 337 g/mol. The van der Waals surface area contributed by atoms with Crippen molar-refractivity contribution in [3.05, 3.63) is 58.6 Å². The molecule has 128 valence electrons. The van der Waals surface area contributed by atoms with Crippen LogP contribution in [0, 0.1) is 0 Å². The maximum atomic E-state index is 12.9. The Morgan fingerprint density at radius 3 is 2.88 bits per heavy atom. The van der Waals surface area contributed by atoms with E-state index in [2.05, 4.69) is 10.2 Å². The van der Waals surface area contributed by atoms with Gasteiger partial charge < -0.3 is 4.90 Å². The SMILES string of the molecule is Cn1cc([C@@H]2CCCN2C(=O)Cn2ncc(=O)c3ccccc32)cn1. The molecule has 1 aliphatic rings. The van der Waals surface area contributed by atoms with Crippen LogP contribution < -0.4 is 5.43 Å². The largest absolute Gasteiger partial charge is 0.334 e. The second-order valence-electron chi connectivity index (χ2n) is 6.38. The van der Waals surface area contributed by atoms with Crippen LogP contribution in [0.3, 0.4) is 0 Å². The van der Waals surface area contributed by atoms with Crippen LogP contribution in [0.1, 0.15) is 24.4 Å². The Balaban J connectivity index is 1.62. The number of fused-ring (bicyclic) bond motifs is 1. The van der Waals surface area contributed by atoms with E-state index in [1.165, 1.54) is 6.20 Å². The molecule has 1 saturated heterocycles. The van der Waals surface area contributed by atoms with Crippen LogP contribution in [0.15, 0.2) is 47.7 Å². The van der Waals surface area contributed by atoms with Gasteiger partial charge in [-0.05, 0) is 25.0 Å². The van der Waals surface area contributed by atoms with Crippen LogP contribution in [0.4, 0.5) is 0 Å². The van der Waals surface area contributed by atoms with Gasteiger partial charge in [-0.25, -0.2) is 0 Å². The van der Waals surface area contributed by atoms with Gasteiger partial charge in [-0.15, -0.1) is 0 Å². The number of hydrogen-bond donors (Lipinski definition) is 0. The van der Waals surface area contributed by atoms with E-state index in [1.54, 1.807) is 15.4 Å². The van der Waals surface area contributed by atoms with E-state index in [4.69, 9.17) is 0 Å². The highest BCUT2D eigenvalue weighted by Crippen LogP contribution is 2.31. The molecule has 2 aromatic heterocycles. The Hall–Kier alpha value is -2.96. The lowest BCUT2D eigenvalue weighted by Gasteiger charge is -2.24. The summed E-state index contributed by atoms with van der Waals surface area (Å²) >= 11 is 0. The van der Waals surface area contributed by atoms with Crippen LogP contribution in [-0.2, 0) is 18.4 Å². The minimum Gasteiger partial charge on any atom is -0.334 e. The fraction of sp³-hybridized carbons (Fsp3) is 0.333. The van der Waals surface area contributed by atoms with E-state index in [-0.39, 0.29) is 23.9 Å². The molecule has 4 rings (SSSR count). The quantitative estimate of drug-likeness (QED) is 0.726. The third-order valence-corrected chi connectivity index (χ3v) is 4.73. The summed E-state index contributed by atoms with van der Waals surface area (Å²) in [5.41, 5.74) is 1.61. The second-order valence-corrected chi connectivity index (χ2v) is 6.38. The van der Waals surface area contributed by atoms with Crippen molar-refractivity contribution in [3.8, 4) is 0 Å². The molecule has 25 heavy (non-hydrogen) atoms. The van der Waals surface area contributed by atoms with Crippen molar-refractivity contribution in [2.75, 3.05) is 6.54 Å². The van der Waals surface area contributed by atoms with Crippen molar-refractivity contribution in [2.45, 2.75) is 25.4 Å². The molecule has 0 saturated carbocycles. The molecule has 1 aliphatic heterocycles. The van der Waals surface area contributed by atoms with Crippen molar-refractivity contribution >= 4 is 16.8 Å². The molecule has 1 atom stereocenters. The van der Waals surface area contributed by atoms with Gasteiger partial charge in [-0.2, -0.15) is 10.2 Å². The van der Waals surface area contributed by atoms with Gasteiger partial charge in [0.25, 0.3) is 0 Å². The predicted molar refractivity (Wildman–Crippen MR) is 92.9 cm³/mol. The van der Waals surface area contributed by atoms with Crippen molar-refractivity contribution < 1.29 is 4.79 Å². The van der Waals surface area contributed by atoms with Gasteiger partial charge in [0.05, 0.1) is 24.0 Å². The van der Waals surface area contributed by atoms with Crippen LogP contribution in [0.2, 0.25) is 0 Å². The number of rotatable bonds is 3. The summed E-state index contributed by atoms with van der Waals surface area (Å²) in [5, 5.41) is 8.96. The van der Waals surface area contributed by atoms with E-state index in [0.717, 1.165) is 24.9 Å². The van der Waals surface area contributed by atoms with E-state index in [9.17, 15) is 9.59 Å². The fourth-order valence-corrected chi connectivity index (χ4v) is 3.53. The highest BCUT2D eigenvalue weighted by atomic mass is 16.2. The summed E-state index contributed by atoms with van der Waals surface area (Å²) in [5.74, 6) is 0.00709. The molecule has 1 aromatic carbocycles. The zero-order valence-electron chi connectivity index (χ0n) is 14.0. The molecule has 0 radical (unpaired) electrons. The summed E-state index contributed by atoms with van der Waals surface area (Å²) in [7, 11) is 1.88. The van der Waals surface area contributed by atoms with Crippen LogP contribution in [0.25, 0.3) is 10.9 Å². The van der Waals surface area contributed by atoms with Crippen molar-refractivity contribution in [1.82, 2.24) is 24.5 Å². The number of amides is 1. The van der Waals surface area contributed by atoms with Gasteiger partial charge in [0.15, 0.2) is 0 Å². The van der Waals surface area contributed by atoms with Gasteiger partial charge in [0.2, 0.25) is 11.3 Å². The van der Waals surface area contributed by atoms with E-state index < -0.39 is 0 Å². The Morgan fingerprint density at radius 1 is 1.24 bits per heavy atom. The molecule has 0 N–H and O–H groups in total. The molecule has 0 spiro atoms. The normalized spacial score (nSPS) is 17.3. The van der Waals surface area contributed by atoms with Gasteiger partial charge in [-0.1, -0.05) is 12.1 Å². The second kappa shape index (κ2) is 6.16. The number of aryl methyl sites for hydroxylation is 1. The molecule has 1 fully saturated rings. The topological polar surface area (TPSA) is 73.0 Å². The minimum absolute atomic E-state index is 0.00709. The molecule has 3 heterocycles. The molecule has 7 heteroatoms. The number of aromatic nitrogens is 4. The number of nitrogens with zero attached hydrogens (tertiary/aromatic N) is 5. The number of carbonyl (C=O) groups excluding carboxylic acids is 1. The predicted octanol–water partition coefficient (Wildman–Crippen LogP) is 1.49. The highest BCUT2D eigenvalue weighted by Gasteiger charge is 2.31. The molecule has 3 aromatic rings. The molecule has 7 nitrogen and oxygen atoms in total. The number of carbonyl (C=O) groups is 1. The van der Waals surface area contributed by atoms with E-state index in [1.807, 2.05) is 42.5 Å². The fourth-order valence-electron chi connectivity index (χ4n) is 3.53. The Bertz CT molecular complexity index is 990. The third kappa shape index (κ3) is 2.82. The Labute approximate surface area is 144 Å². The molecule has 1 amide bonds. The maximum Gasteiger partial charge on any atom is 0.244 e. The first-order valence-corrected chi connectivity index (χ1v) is 8.36.